The van der Waals surface area contributed by atoms with Gasteiger partial charge >= 0.3 is 0 Å². The molecule has 16 heavy (non-hydrogen) atoms. The summed E-state index contributed by atoms with van der Waals surface area (Å²) in [4.78, 5) is 10.3. The Morgan fingerprint density at radius 1 is 1.56 bits per heavy atom. The van der Waals surface area contributed by atoms with Crippen LogP contribution in [0, 0.1) is 0 Å². The first-order chi connectivity index (χ1) is 7.67. The zero-order valence-corrected chi connectivity index (χ0v) is 9.87. The Balaban J connectivity index is 1.77. The molecule has 1 aromatic rings. The molecule has 0 spiro atoms. The highest BCUT2D eigenvalue weighted by Gasteiger charge is 2.37. The molecular formula is C12H20N4. The molecule has 2 heterocycles. The predicted molar refractivity (Wildman–Crippen MR) is 63.2 cm³/mol. The van der Waals surface area contributed by atoms with Gasteiger partial charge in [0, 0.05) is 24.4 Å². The van der Waals surface area contributed by atoms with E-state index in [0.717, 1.165) is 25.2 Å². The number of imidazole rings is 1. The van der Waals surface area contributed by atoms with Gasteiger partial charge in [0.25, 0.3) is 0 Å². The van der Waals surface area contributed by atoms with Crippen molar-refractivity contribution in [2.45, 2.75) is 37.1 Å². The van der Waals surface area contributed by atoms with Gasteiger partial charge in [0.05, 0.1) is 5.54 Å². The predicted octanol–water partition coefficient (Wildman–Crippen LogP) is 1.17. The highest BCUT2D eigenvalue weighted by molar-refractivity contribution is 5.17. The third-order valence-electron chi connectivity index (χ3n) is 4.14. The number of aromatic nitrogens is 2. The monoisotopic (exact) mass is 220 g/mol. The van der Waals surface area contributed by atoms with E-state index in [-0.39, 0.29) is 5.54 Å². The fourth-order valence-electron chi connectivity index (χ4n) is 2.78. The van der Waals surface area contributed by atoms with Crippen molar-refractivity contribution >= 4 is 0 Å². The Labute approximate surface area is 96.2 Å². The summed E-state index contributed by atoms with van der Waals surface area (Å²) in [5.74, 6) is 1.62. The average Bonchev–Trinajstić information content (AvgIpc) is 2.82. The van der Waals surface area contributed by atoms with E-state index < -0.39 is 0 Å². The van der Waals surface area contributed by atoms with Crippen LogP contribution in [0.15, 0.2) is 6.20 Å². The molecule has 1 aliphatic carbocycles. The number of nitrogens with one attached hydrogen (secondary N) is 1. The van der Waals surface area contributed by atoms with Crippen molar-refractivity contribution in [3.05, 3.63) is 17.7 Å². The molecule has 3 rings (SSSR count). The quantitative estimate of drug-likeness (QED) is 0.786. The fourth-order valence-corrected chi connectivity index (χ4v) is 2.78. The lowest BCUT2D eigenvalue weighted by atomic mass is 9.77. The molecule has 1 atom stereocenters. The molecule has 2 aliphatic rings. The second-order valence-electron chi connectivity index (χ2n) is 5.44. The van der Waals surface area contributed by atoms with E-state index in [0.29, 0.717) is 5.92 Å². The second-order valence-corrected chi connectivity index (χ2v) is 5.44. The molecule has 2 fully saturated rings. The topological polar surface area (TPSA) is 57.9 Å². The fraction of sp³-hybridized carbons (Fsp3) is 0.750. The summed E-state index contributed by atoms with van der Waals surface area (Å²) in [7, 11) is 2.17. The minimum Gasteiger partial charge on any atom is -0.344 e. The van der Waals surface area contributed by atoms with Crippen LogP contribution < -0.4 is 5.73 Å². The zero-order chi connectivity index (χ0) is 11.2. The number of likely N-dealkylation sites (N-methyl/N-ethyl adjacent to an activating group) is 1. The van der Waals surface area contributed by atoms with Crippen LogP contribution in [0.2, 0.25) is 0 Å². The van der Waals surface area contributed by atoms with E-state index in [4.69, 9.17) is 5.73 Å². The molecule has 0 aromatic carbocycles. The van der Waals surface area contributed by atoms with Crippen molar-refractivity contribution < 1.29 is 0 Å². The number of likely N-dealkylation sites (tertiary alicyclic amines) is 1. The molecule has 3 N–H and O–H groups in total. The summed E-state index contributed by atoms with van der Waals surface area (Å²) in [6.07, 6.45) is 6.61. The van der Waals surface area contributed by atoms with Gasteiger partial charge in [0.2, 0.25) is 0 Å². The molecule has 4 heteroatoms. The van der Waals surface area contributed by atoms with Gasteiger partial charge in [0.1, 0.15) is 5.82 Å². The van der Waals surface area contributed by atoms with Gasteiger partial charge in [0.15, 0.2) is 0 Å². The van der Waals surface area contributed by atoms with Crippen LogP contribution in [0.3, 0.4) is 0 Å². The Hall–Kier alpha value is -0.870. The molecule has 0 amide bonds. The van der Waals surface area contributed by atoms with Gasteiger partial charge in [-0.15, -0.1) is 0 Å². The SMILES string of the molecule is CN1CCC(c2cnc(C3(N)CCC3)[nH]2)C1. The number of nitrogens with two attached hydrogens (primary N) is 1. The molecule has 88 valence electrons. The molecule has 1 saturated heterocycles. The normalized spacial score (nSPS) is 29.2. The summed E-state index contributed by atoms with van der Waals surface area (Å²) in [6.45, 7) is 2.33. The Morgan fingerprint density at radius 3 is 2.94 bits per heavy atom. The second kappa shape index (κ2) is 3.57. The molecule has 0 radical (unpaired) electrons. The van der Waals surface area contributed by atoms with Gasteiger partial charge in [-0.25, -0.2) is 4.98 Å². The van der Waals surface area contributed by atoms with Crippen molar-refractivity contribution in [1.82, 2.24) is 14.9 Å². The Morgan fingerprint density at radius 2 is 2.38 bits per heavy atom. The van der Waals surface area contributed by atoms with Crippen molar-refractivity contribution in [3.63, 3.8) is 0 Å². The maximum absolute atomic E-state index is 6.26. The van der Waals surface area contributed by atoms with E-state index in [1.807, 2.05) is 6.20 Å². The first kappa shape index (κ1) is 10.3. The zero-order valence-electron chi connectivity index (χ0n) is 9.87. The van der Waals surface area contributed by atoms with Crippen LogP contribution >= 0.6 is 0 Å². The van der Waals surface area contributed by atoms with E-state index in [2.05, 4.69) is 21.9 Å². The van der Waals surface area contributed by atoms with E-state index in [1.165, 1.54) is 25.1 Å². The third-order valence-corrected chi connectivity index (χ3v) is 4.14. The number of nitrogens with zero attached hydrogens (tertiary/aromatic N) is 2. The summed E-state index contributed by atoms with van der Waals surface area (Å²) in [5, 5.41) is 0. The van der Waals surface area contributed by atoms with Crippen LogP contribution in [0.1, 0.15) is 43.1 Å². The first-order valence-corrected chi connectivity index (χ1v) is 6.20. The minimum atomic E-state index is -0.150. The molecule has 0 bridgehead atoms. The number of rotatable bonds is 2. The lowest BCUT2D eigenvalue weighted by molar-refractivity contribution is 0.239. The van der Waals surface area contributed by atoms with Crippen LogP contribution in [-0.2, 0) is 5.54 Å². The average molecular weight is 220 g/mol. The van der Waals surface area contributed by atoms with Crippen LogP contribution in [0.4, 0.5) is 0 Å². The van der Waals surface area contributed by atoms with E-state index in [9.17, 15) is 0 Å². The number of H-pyrrole nitrogens is 1. The summed E-state index contributed by atoms with van der Waals surface area (Å²) >= 11 is 0. The Bertz CT molecular complexity index is 380. The van der Waals surface area contributed by atoms with E-state index >= 15 is 0 Å². The van der Waals surface area contributed by atoms with Crippen LogP contribution in [0.25, 0.3) is 0 Å². The summed E-state index contributed by atoms with van der Waals surface area (Å²) < 4.78 is 0. The van der Waals surface area contributed by atoms with Crippen molar-refractivity contribution in [2.75, 3.05) is 20.1 Å². The van der Waals surface area contributed by atoms with Gasteiger partial charge in [-0.2, -0.15) is 0 Å². The smallest absolute Gasteiger partial charge is 0.126 e. The summed E-state index contributed by atoms with van der Waals surface area (Å²) in [5.41, 5.74) is 7.38. The minimum absolute atomic E-state index is 0.150. The van der Waals surface area contributed by atoms with Gasteiger partial charge < -0.3 is 15.6 Å². The molecule has 1 aromatic heterocycles. The van der Waals surface area contributed by atoms with Crippen LogP contribution in [0.5, 0.6) is 0 Å². The molecular weight excluding hydrogens is 200 g/mol. The lowest BCUT2D eigenvalue weighted by Crippen LogP contribution is -2.44. The molecule has 4 nitrogen and oxygen atoms in total. The maximum atomic E-state index is 6.26. The highest BCUT2D eigenvalue weighted by atomic mass is 15.1. The number of hydrogen-bond donors (Lipinski definition) is 2. The van der Waals surface area contributed by atoms with E-state index in [1.54, 1.807) is 0 Å². The number of aromatic amines is 1. The Kier molecular flexibility index (Phi) is 2.30. The molecule has 1 aliphatic heterocycles. The third kappa shape index (κ3) is 1.57. The van der Waals surface area contributed by atoms with Crippen LogP contribution in [-0.4, -0.2) is 35.0 Å². The highest BCUT2D eigenvalue weighted by Crippen LogP contribution is 2.37. The first-order valence-electron chi connectivity index (χ1n) is 6.20. The molecule has 1 unspecified atom stereocenters. The van der Waals surface area contributed by atoms with Crippen molar-refractivity contribution in [3.8, 4) is 0 Å². The number of hydrogen-bond acceptors (Lipinski definition) is 3. The van der Waals surface area contributed by atoms with Gasteiger partial charge in [-0.3, -0.25) is 0 Å². The van der Waals surface area contributed by atoms with Crippen molar-refractivity contribution in [1.29, 1.82) is 0 Å². The maximum Gasteiger partial charge on any atom is 0.126 e. The van der Waals surface area contributed by atoms with Gasteiger partial charge in [-0.05, 0) is 39.3 Å². The van der Waals surface area contributed by atoms with Gasteiger partial charge in [-0.1, -0.05) is 0 Å². The van der Waals surface area contributed by atoms with Crippen molar-refractivity contribution in [2.24, 2.45) is 5.73 Å². The largest absolute Gasteiger partial charge is 0.344 e. The lowest BCUT2D eigenvalue weighted by Gasteiger charge is -2.36. The summed E-state index contributed by atoms with van der Waals surface area (Å²) in [6, 6.07) is 0. The molecule has 1 saturated carbocycles. The standard InChI is InChI=1S/C12H20N4/c1-16-6-3-9(8-16)10-7-14-11(15-10)12(13)4-2-5-12/h7,9H,2-6,8,13H2,1H3,(H,14,15).